The lowest BCUT2D eigenvalue weighted by atomic mass is 9.93. The number of hydrogen-bond donors (Lipinski definition) is 2. The largest absolute Gasteiger partial charge is 0.323 e. The summed E-state index contributed by atoms with van der Waals surface area (Å²) in [5, 5.41) is 11.2. The Hall–Kier alpha value is -1.92. The van der Waals surface area contributed by atoms with Crippen LogP contribution in [0.3, 0.4) is 0 Å². The van der Waals surface area contributed by atoms with Gasteiger partial charge in [-0.25, -0.2) is 0 Å². The molecule has 0 aromatic carbocycles. The minimum absolute atomic E-state index is 0.142. The molecule has 6 nitrogen and oxygen atoms in total. The van der Waals surface area contributed by atoms with Gasteiger partial charge >= 0.3 is 0 Å². The fraction of sp³-hybridized carbons (Fsp3) is 0.550. The molecule has 1 saturated heterocycles. The van der Waals surface area contributed by atoms with Crippen molar-refractivity contribution in [2.24, 2.45) is 5.92 Å². The predicted molar refractivity (Wildman–Crippen MR) is 106 cm³/mol. The molecule has 3 heterocycles. The third kappa shape index (κ3) is 4.33. The summed E-state index contributed by atoms with van der Waals surface area (Å²) in [6, 6.07) is 3.74. The second-order valence-electron chi connectivity index (χ2n) is 7.67. The summed E-state index contributed by atoms with van der Waals surface area (Å²) in [5.41, 5.74) is 2.80. The molecule has 1 saturated carbocycles. The number of piperidine rings is 1. The van der Waals surface area contributed by atoms with Gasteiger partial charge in [-0.2, -0.15) is 5.10 Å². The summed E-state index contributed by atoms with van der Waals surface area (Å²) in [4.78, 5) is 19.3. The van der Waals surface area contributed by atoms with Gasteiger partial charge in [0.1, 0.15) is 0 Å². The molecule has 1 unspecified atom stereocenters. The fourth-order valence-electron chi connectivity index (χ4n) is 4.31. The molecule has 2 N–H and O–H groups in total. The molecule has 0 spiro atoms. The molecule has 2 aromatic rings. The fourth-order valence-corrected chi connectivity index (χ4v) is 4.49. The smallest absolute Gasteiger partial charge is 0.227 e. The Morgan fingerprint density at radius 1 is 1.30 bits per heavy atom. The first-order valence-electron chi connectivity index (χ1n) is 9.86. The number of pyridine rings is 1. The SMILES string of the molecule is O=C(Nc1cn[nH]c1C1CCCN(Cc2ncccc2Cl)C1)C1CCCC1. The summed E-state index contributed by atoms with van der Waals surface area (Å²) in [6.07, 6.45) is 10.0. The van der Waals surface area contributed by atoms with Gasteiger partial charge in [0.05, 0.1) is 28.3 Å². The first-order chi connectivity index (χ1) is 13.2. The summed E-state index contributed by atoms with van der Waals surface area (Å²) in [6.45, 7) is 2.68. The van der Waals surface area contributed by atoms with Gasteiger partial charge in [0.2, 0.25) is 5.91 Å². The van der Waals surface area contributed by atoms with Crippen LogP contribution in [-0.4, -0.2) is 39.1 Å². The minimum Gasteiger partial charge on any atom is -0.323 e. The standard InChI is InChI=1S/C20H26ClN5O/c21-16-8-3-9-22-18(16)13-26-10-4-7-15(12-26)19-17(11-23-25-19)24-20(27)14-5-1-2-6-14/h3,8-9,11,14-15H,1-2,4-7,10,12-13H2,(H,23,25)(H,24,27). The minimum atomic E-state index is 0.142. The van der Waals surface area contributed by atoms with E-state index in [1.54, 1.807) is 12.4 Å². The molecular weight excluding hydrogens is 362 g/mol. The van der Waals surface area contributed by atoms with Crippen molar-refractivity contribution >= 4 is 23.2 Å². The molecule has 1 aliphatic heterocycles. The summed E-state index contributed by atoms with van der Waals surface area (Å²) in [7, 11) is 0. The lowest BCUT2D eigenvalue weighted by Gasteiger charge is -2.32. The Labute approximate surface area is 164 Å². The molecular formula is C20H26ClN5O. The molecule has 7 heteroatoms. The van der Waals surface area contributed by atoms with Gasteiger partial charge in [-0.15, -0.1) is 0 Å². The highest BCUT2D eigenvalue weighted by Crippen LogP contribution is 2.32. The van der Waals surface area contributed by atoms with E-state index in [0.717, 1.165) is 75.2 Å². The number of aromatic amines is 1. The van der Waals surface area contributed by atoms with E-state index in [1.807, 2.05) is 12.1 Å². The maximum Gasteiger partial charge on any atom is 0.227 e. The van der Waals surface area contributed by atoms with Crippen LogP contribution in [0.4, 0.5) is 5.69 Å². The van der Waals surface area contributed by atoms with Crippen LogP contribution in [-0.2, 0) is 11.3 Å². The van der Waals surface area contributed by atoms with Gasteiger partial charge < -0.3 is 5.32 Å². The van der Waals surface area contributed by atoms with Crippen LogP contribution in [0.15, 0.2) is 24.5 Å². The van der Waals surface area contributed by atoms with Crippen LogP contribution < -0.4 is 5.32 Å². The predicted octanol–water partition coefficient (Wildman–Crippen LogP) is 3.97. The van der Waals surface area contributed by atoms with Gasteiger partial charge in [-0.05, 0) is 44.4 Å². The Kier molecular flexibility index (Phi) is 5.74. The average molecular weight is 388 g/mol. The quantitative estimate of drug-likeness (QED) is 0.814. The van der Waals surface area contributed by atoms with Crippen LogP contribution in [0.1, 0.15) is 55.8 Å². The topological polar surface area (TPSA) is 73.9 Å². The number of nitrogens with one attached hydrogen (secondary N) is 2. The van der Waals surface area contributed by atoms with Gasteiger partial charge in [0.15, 0.2) is 0 Å². The van der Waals surface area contributed by atoms with E-state index in [4.69, 9.17) is 11.6 Å². The van der Waals surface area contributed by atoms with Gasteiger partial charge in [0, 0.05) is 31.1 Å². The molecule has 1 atom stereocenters. The zero-order valence-corrected chi connectivity index (χ0v) is 16.2. The zero-order valence-electron chi connectivity index (χ0n) is 15.5. The molecule has 27 heavy (non-hydrogen) atoms. The lowest BCUT2D eigenvalue weighted by molar-refractivity contribution is -0.119. The number of H-pyrrole nitrogens is 1. The number of nitrogens with zero attached hydrogens (tertiary/aromatic N) is 3. The summed E-state index contributed by atoms with van der Waals surface area (Å²) >= 11 is 6.27. The van der Waals surface area contributed by atoms with Crippen molar-refractivity contribution < 1.29 is 4.79 Å². The van der Waals surface area contributed by atoms with E-state index in [1.165, 1.54) is 0 Å². The summed E-state index contributed by atoms with van der Waals surface area (Å²) < 4.78 is 0. The molecule has 2 aliphatic rings. The van der Waals surface area contributed by atoms with Crippen LogP contribution in [0, 0.1) is 5.92 Å². The molecule has 0 bridgehead atoms. The molecule has 1 amide bonds. The van der Waals surface area contributed by atoms with E-state index >= 15 is 0 Å². The van der Waals surface area contributed by atoms with Crippen LogP contribution in [0.2, 0.25) is 5.02 Å². The van der Waals surface area contributed by atoms with E-state index in [9.17, 15) is 4.79 Å². The zero-order chi connectivity index (χ0) is 18.6. The number of carbonyl (C=O) groups is 1. The number of amides is 1. The van der Waals surface area contributed by atoms with Crippen molar-refractivity contribution in [3.05, 3.63) is 40.9 Å². The van der Waals surface area contributed by atoms with E-state index in [0.29, 0.717) is 10.9 Å². The number of likely N-dealkylation sites (tertiary alicyclic amines) is 1. The van der Waals surface area contributed by atoms with Crippen molar-refractivity contribution in [3.63, 3.8) is 0 Å². The van der Waals surface area contributed by atoms with Crippen molar-refractivity contribution in [1.29, 1.82) is 0 Å². The maximum absolute atomic E-state index is 12.5. The second kappa shape index (κ2) is 8.40. The third-order valence-electron chi connectivity index (χ3n) is 5.77. The molecule has 1 aliphatic carbocycles. The average Bonchev–Trinajstić information content (AvgIpc) is 3.36. The number of anilines is 1. The number of aromatic nitrogens is 3. The number of rotatable bonds is 5. The highest BCUT2D eigenvalue weighted by atomic mass is 35.5. The third-order valence-corrected chi connectivity index (χ3v) is 6.12. The van der Waals surface area contributed by atoms with Gasteiger partial charge in [0.25, 0.3) is 0 Å². The highest BCUT2D eigenvalue weighted by molar-refractivity contribution is 6.31. The monoisotopic (exact) mass is 387 g/mol. The maximum atomic E-state index is 12.5. The van der Waals surface area contributed by atoms with Crippen molar-refractivity contribution in [3.8, 4) is 0 Å². The van der Waals surface area contributed by atoms with Gasteiger partial charge in [-0.3, -0.25) is 19.8 Å². The number of carbonyl (C=O) groups excluding carboxylic acids is 1. The van der Waals surface area contributed by atoms with Crippen LogP contribution >= 0.6 is 11.6 Å². The number of halogens is 1. The number of hydrogen-bond acceptors (Lipinski definition) is 4. The molecule has 2 fully saturated rings. The van der Waals surface area contributed by atoms with E-state index in [-0.39, 0.29) is 11.8 Å². The Bertz CT molecular complexity index is 786. The Morgan fingerprint density at radius 2 is 2.15 bits per heavy atom. The van der Waals surface area contributed by atoms with Gasteiger partial charge in [-0.1, -0.05) is 24.4 Å². The Morgan fingerprint density at radius 3 is 2.96 bits per heavy atom. The summed E-state index contributed by atoms with van der Waals surface area (Å²) in [5.74, 6) is 0.618. The molecule has 0 radical (unpaired) electrons. The highest BCUT2D eigenvalue weighted by Gasteiger charge is 2.28. The Balaban J connectivity index is 1.42. The van der Waals surface area contributed by atoms with E-state index < -0.39 is 0 Å². The molecule has 144 valence electrons. The van der Waals surface area contributed by atoms with Crippen molar-refractivity contribution in [2.45, 2.75) is 51.0 Å². The van der Waals surface area contributed by atoms with E-state index in [2.05, 4.69) is 25.4 Å². The molecule has 4 rings (SSSR count). The first kappa shape index (κ1) is 18.4. The second-order valence-corrected chi connectivity index (χ2v) is 8.08. The van der Waals surface area contributed by atoms with Crippen molar-refractivity contribution in [1.82, 2.24) is 20.1 Å². The lowest BCUT2D eigenvalue weighted by Crippen LogP contribution is -2.34. The van der Waals surface area contributed by atoms with Crippen molar-refractivity contribution in [2.75, 3.05) is 18.4 Å². The first-order valence-corrected chi connectivity index (χ1v) is 10.2. The normalized spacial score (nSPS) is 21.4. The van der Waals surface area contributed by atoms with Crippen LogP contribution in [0.5, 0.6) is 0 Å². The van der Waals surface area contributed by atoms with Crippen LogP contribution in [0.25, 0.3) is 0 Å². The molecule has 2 aromatic heterocycles.